The van der Waals surface area contributed by atoms with Crippen molar-refractivity contribution in [3.05, 3.63) is 0 Å². The number of morpholine rings is 1. The predicted molar refractivity (Wildman–Crippen MR) is 77.8 cm³/mol. The van der Waals surface area contributed by atoms with Gasteiger partial charge in [-0.2, -0.15) is 0 Å². The summed E-state index contributed by atoms with van der Waals surface area (Å²) in [5.41, 5.74) is 9.86. The summed E-state index contributed by atoms with van der Waals surface area (Å²) in [4.78, 5) is 2.57. The van der Waals surface area contributed by atoms with Crippen molar-refractivity contribution in [1.29, 1.82) is 0 Å². The van der Waals surface area contributed by atoms with Crippen LogP contribution in [0.3, 0.4) is 0 Å². The standard InChI is InChI=1S/C14H30N4O/c1-13(2)11-17-5-3-14(12-15,4-6-17)16-18-7-9-19-10-8-18/h13,16H,3-12,15H2,1-2H3. The fraction of sp³-hybridized carbons (Fsp3) is 1.00. The van der Waals surface area contributed by atoms with E-state index in [2.05, 4.69) is 29.2 Å². The second-order valence-electron chi connectivity index (χ2n) is 6.39. The molecule has 0 amide bonds. The fourth-order valence-electron chi connectivity index (χ4n) is 3.05. The minimum Gasteiger partial charge on any atom is -0.379 e. The number of likely N-dealkylation sites (tertiary alicyclic amines) is 1. The molecular formula is C14H30N4O. The third-order valence-corrected chi connectivity index (χ3v) is 4.23. The van der Waals surface area contributed by atoms with E-state index in [1.807, 2.05) is 0 Å². The Hall–Kier alpha value is -0.200. The predicted octanol–water partition coefficient (Wildman–Crippen LogP) is 0.273. The first-order valence-corrected chi connectivity index (χ1v) is 7.66. The summed E-state index contributed by atoms with van der Waals surface area (Å²) in [6, 6.07) is 0. The van der Waals surface area contributed by atoms with Crippen LogP contribution in [0.15, 0.2) is 0 Å². The van der Waals surface area contributed by atoms with Gasteiger partial charge in [0.25, 0.3) is 0 Å². The van der Waals surface area contributed by atoms with Crippen LogP contribution in [0.25, 0.3) is 0 Å². The zero-order valence-electron chi connectivity index (χ0n) is 12.5. The largest absolute Gasteiger partial charge is 0.379 e. The van der Waals surface area contributed by atoms with Crippen LogP contribution in [0.1, 0.15) is 26.7 Å². The highest BCUT2D eigenvalue weighted by Gasteiger charge is 2.35. The highest BCUT2D eigenvalue weighted by Crippen LogP contribution is 2.22. The van der Waals surface area contributed by atoms with Gasteiger partial charge in [-0.1, -0.05) is 13.8 Å². The maximum atomic E-state index is 6.06. The quantitative estimate of drug-likeness (QED) is 0.751. The van der Waals surface area contributed by atoms with E-state index in [9.17, 15) is 0 Å². The number of nitrogens with two attached hydrogens (primary N) is 1. The van der Waals surface area contributed by atoms with Crippen LogP contribution < -0.4 is 11.2 Å². The number of hydrogen-bond donors (Lipinski definition) is 2. The van der Waals surface area contributed by atoms with Gasteiger partial charge < -0.3 is 15.4 Å². The molecule has 0 atom stereocenters. The second kappa shape index (κ2) is 6.99. The van der Waals surface area contributed by atoms with E-state index in [0.717, 1.165) is 64.7 Å². The van der Waals surface area contributed by atoms with E-state index < -0.39 is 0 Å². The monoisotopic (exact) mass is 270 g/mol. The van der Waals surface area contributed by atoms with Crippen molar-refractivity contribution in [3.8, 4) is 0 Å². The van der Waals surface area contributed by atoms with Gasteiger partial charge >= 0.3 is 0 Å². The molecule has 3 N–H and O–H groups in total. The maximum Gasteiger partial charge on any atom is 0.0608 e. The summed E-state index contributed by atoms with van der Waals surface area (Å²) >= 11 is 0. The van der Waals surface area contributed by atoms with Crippen LogP contribution in [0.4, 0.5) is 0 Å². The third kappa shape index (κ3) is 4.39. The Morgan fingerprint density at radius 1 is 1.16 bits per heavy atom. The van der Waals surface area contributed by atoms with Gasteiger partial charge in [-0.05, 0) is 31.8 Å². The molecule has 0 aromatic rings. The fourth-order valence-corrected chi connectivity index (χ4v) is 3.05. The normalized spacial score (nSPS) is 25.9. The number of hydrazine groups is 1. The Labute approximate surface area is 117 Å². The first kappa shape index (κ1) is 15.2. The van der Waals surface area contributed by atoms with E-state index >= 15 is 0 Å². The number of nitrogens with one attached hydrogen (secondary N) is 1. The molecule has 0 bridgehead atoms. The lowest BCUT2D eigenvalue weighted by molar-refractivity contribution is -0.0248. The third-order valence-electron chi connectivity index (χ3n) is 4.23. The molecule has 2 aliphatic heterocycles. The number of nitrogens with zero attached hydrogens (tertiary/aromatic N) is 2. The molecule has 112 valence electrons. The van der Waals surface area contributed by atoms with E-state index in [1.54, 1.807) is 0 Å². The molecule has 0 saturated carbocycles. The van der Waals surface area contributed by atoms with Gasteiger partial charge in [-0.15, -0.1) is 0 Å². The molecule has 2 saturated heterocycles. The van der Waals surface area contributed by atoms with Crippen LogP contribution in [0.2, 0.25) is 0 Å². The van der Waals surface area contributed by atoms with Crippen molar-refractivity contribution < 1.29 is 4.74 Å². The van der Waals surface area contributed by atoms with Crippen LogP contribution in [-0.4, -0.2) is 67.9 Å². The highest BCUT2D eigenvalue weighted by molar-refractivity contribution is 4.94. The lowest BCUT2D eigenvalue weighted by atomic mass is 9.88. The van der Waals surface area contributed by atoms with E-state index in [1.165, 1.54) is 6.54 Å². The number of piperidine rings is 1. The molecular weight excluding hydrogens is 240 g/mol. The summed E-state index contributed by atoms with van der Waals surface area (Å²) in [7, 11) is 0. The van der Waals surface area contributed by atoms with Gasteiger partial charge in [-0.3, -0.25) is 0 Å². The minimum absolute atomic E-state index is 0.102. The molecule has 0 aromatic heterocycles. The first-order valence-electron chi connectivity index (χ1n) is 7.66. The van der Waals surface area contributed by atoms with Gasteiger partial charge in [0.15, 0.2) is 0 Å². The summed E-state index contributed by atoms with van der Waals surface area (Å²) in [5, 5.41) is 2.30. The lowest BCUT2D eigenvalue weighted by Crippen LogP contribution is -2.64. The average Bonchev–Trinajstić information content (AvgIpc) is 2.42. The van der Waals surface area contributed by atoms with Gasteiger partial charge in [0.05, 0.1) is 13.2 Å². The molecule has 0 radical (unpaired) electrons. The number of rotatable bonds is 5. The molecule has 0 spiro atoms. The van der Waals surface area contributed by atoms with Crippen LogP contribution in [0.5, 0.6) is 0 Å². The minimum atomic E-state index is 0.102. The molecule has 0 unspecified atom stereocenters. The van der Waals surface area contributed by atoms with Crippen molar-refractivity contribution >= 4 is 0 Å². The van der Waals surface area contributed by atoms with E-state index in [4.69, 9.17) is 10.5 Å². The van der Waals surface area contributed by atoms with Crippen LogP contribution in [-0.2, 0) is 4.74 Å². The van der Waals surface area contributed by atoms with Crippen molar-refractivity contribution in [1.82, 2.24) is 15.3 Å². The zero-order valence-corrected chi connectivity index (χ0v) is 12.5. The second-order valence-corrected chi connectivity index (χ2v) is 6.39. The van der Waals surface area contributed by atoms with Crippen LogP contribution in [0, 0.1) is 5.92 Å². The first-order chi connectivity index (χ1) is 9.13. The Bertz CT molecular complexity index is 258. The van der Waals surface area contributed by atoms with Crippen molar-refractivity contribution in [2.45, 2.75) is 32.2 Å². The SMILES string of the molecule is CC(C)CN1CCC(CN)(NN2CCOCC2)CC1. The Balaban J connectivity index is 1.82. The Morgan fingerprint density at radius 2 is 1.79 bits per heavy atom. The summed E-state index contributed by atoms with van der Waals surface area (Å²) in [6.45, 7) is 12.4. The highest BCUT2D eigenvalue weighted by atomic mass is 16.5. The summed E-state index contributed by atoms with van der Waals surface area (Å²) in [5.74, 6) is 0.748. The lowest BCUT2D eigenvalue weighted by Gasteiger charge is -2.45. The summed E-state index contributed by atoms with van der Waals surface area (Å²) in [6.07, 6.45) is 2.29. The maximum absolute atomic E-state index is 6.06. The summed E-state index contributed by atoms with van der Waals surface area (Å²) < 4.78 is 5.40. The molecule has 0 aromatic carbocycles. The van der Waals surface area contributed by atoms with Gasteiger partial charge in [-0.25, -0.2) is 10.4 Å². The Morgan fingerprint density at radius 3 is 2.32 bits per heavy atom. The topological polar surface area (TPSA) is 53.8 Å². The molecule has 2 rings (SSSR count). The molecule has 2 heterocycles. The van der Waals surface area contributed by atoms with E-state index in [0.29, 0.717) is 0 Å². The zero-order chi connectivity index (χ0) is 13.7. The number of ether oxygens (including phenoxy) is 1. The van der Waals surface area contributed by atoms with Gasteiger partial charge in [0, 0.05) is 31.7 Å². The molecule has 5 heteroatoms. The van der Waals surface area contributed by atoms with E-state index in [-0.39, 0.29) is 5.54 Å². The van der Waals surface area contributed by atoms with Crippen molar-refractivity contribution in [2.75, 3.05) is 52.5 Å². The number of hydrogen-bond acceptors (Lipinski definition) is 5. The molecule has 19 heavy (non-hydrogen) atoms. The van der Waals surface area contributed by atoms with Gasteiger partial charge in [0.1, 0.15) is 0 Å². The molecule has 5 nitrogen and oxygen atoms in total. The molecule has 2 fully saturated rings. The Kier molecular flexibility index (Phi) is 5.59. The molecule has 0 aliphatic carbocycles. The van der Waals surface area contributed by atoms with Crippen molar-refractivity contribution in [2.24, 2.45) is 11.7 Å². The average molecular weight is 270 g/mol. The smallest absolute Gasteiger partial charge is 0.0608 e. The van der Waals surface area contributed by atoms with Gasteiger partial charge in [0.2, 0.25) is 0 Å². The van der Waals surface area contributed by atoms with Crippen LogP contribution >= 0.6 is 0 Å². The van der Waals surface area contributed by atoms with Crippen molar-refractivity contribution in [3.63, 3.8) is 0 Å². The molecule has 2 aliphatic rings.